The van der Waals surface area contributed by atoms with Gasteiger partial charge in [0, 0.05) is 49.3 Å². The summed E-state index contributed by atoms with van der Waals surface area (Å²) in [5.74, 6) is -0.142. The van der Waals surface area contributed by atoms with E-state index in [0.29, 0.717) is 29.3 Å². The number of Topliss-reactive ketones (excluding diaryl/α,β-unsaturated/α-hetero) is 1. The van der Waals surface area contributed by atoms with E-state index in [1.807, 2.05) is 13.8 Å². The third-order valence-corrected chi connectivity index (χ3v) is 5.00. The zero-order valence-electron chi connectivity index (χ0n) is 18.2. The van der Waals surface area contributed by atoms with Crippen molar-refractivity contribution in [3.05, 3.63) is 59.3 Å². The molecule has 0 saturated heterocycles. The molecule has 32 heavy (non-hydrogen) atoms. The molecule has 9 heteroatoms. The number of amides is 1. The fraction of sp³-hybridized carbons (Fsp3) is 0.304. The number of halogens is 1. The average Bonchev–Trinajstić information content (AvgIpc) is 3.28. The van der Waals surface area contributed by atoms with E-state index in [1.54, 1.807) is 43.0 Å². The van der Waals surface area contributed by atoms with E-state index in [1.165, 1.54) is 6.20 Å². The zero-order valence-corrected chi connectivity index (χ0v) is 18.2. The quantitative estimate of drug-likeness (QED) is 0.577. The van der Waals surface area contributed by atoms with Crippen LogP contribution >= 0.6 is 0 Å². The molecule has 1 aromatic carbocycles. The normalized spacial score (nSPS) is 13.9. The lowest BCUT2D eigenvalue weighted by Crippen LogP contribution is -2.24. The second kappa shape index (κ2) is 8.07. The minimum Gasteiger partial charge on any atom is -0.487 e. The first-order valence-corrected chi connectivity index (χ1v) is 10.2. The van der Waals surface area contributed by atoms with Crippen LogP contribution in [-0.2, 0) is 13.5 Å². The molecule has 0 atom stereocenters. The van der Waals surface area contributed by atoms with Crippen molar-refractivity contribution in [3.8, 4) is 17.2 Å². The third kappa shape index (κ3) is 4.32. The second-order valence-electron chi connectivity index (χ2n) is 8.20. The summed E-state index contributed by atoms with van der Waals surface area (Å²) in [7, 11) is 1.75. The maximum Gasteiger partial charge on any atom is 0.257 e. The number of ether oxygens (including phenoxy) is 2. The SMILES string of the molecule is CCC(=O)c1ncc(Oc2cc(C(=O)Nc3ccn(C)n3)cc3c2CC(C)(C)O3)cc1F. The van der Waals surface area contributed by atoms with Crippen LogP contribution in [0.5, 0.6) is 17.2 Å². The van der Waals surface area contributed by atoms with Crippen LogP contribution in [0.2, 0.25) is 0 Å². The van der Waals surface area contributed by atoms with Gasteiger partial charge in [0.05, 0.1) is 6.20 Å². The van der Waals surface area contributed by atoms with E-state index in [9.17, 15) is 14.0 Å². The summed E-state index contributed by atoms with van der Waals surface area (Å²) in [6, 6.07) is 6.02. The molecule has 0 fully saturated rings. The number of anilines is 1. The van der Waals surface area contributed by atoms with Gasteiger partial charge in [-0.15, -0.1) is 0 Å². The number of hydrogen-bond donors (Lipinski definition) is 1. The molecule has 166 valence electrons. The topological polar surface area (TPSA) is 95.3 Å². The molecule has 1 amide bonds. The molecule has 1 aliphatic heterocycles. The number of aromatic nitrogens is 3. The summed E-state index contributed by atoms with van der Waals surface area (Å²) in [6.07, 6.45) is 3.70. The maximum atomic E-state index is 14.4. The lowest BCUT2D eigenvalue weighted by atomic mass is 9.99. The van der Waals surface area contributed by atoms with Gasteiger partial charge in [0.1, 0.15) is 28.5 Å². The molecule has 2 aromatic heterocycles. The zero-order chi connectivity index (χ0) is 23.0. The number of benzene rings is 1. The first-order valence-electron chi connectivity index (χ1n) is 10.2. The fourth-order valence-electron chi connectivity index (χ4n) is 3.51. The van der Waals surface area contributed by atoms with E-state index in [2.05, 4.69) is 15.4 Å². The summed E-state index contributed by atoms with van der Waals surface area (Å²) in [6.45, 7) is 5.49. The number of aryl methyl sites for hydroxylation is 1. The number of nitrogens with zero attached hydrogens (tertiary/aromatic N) is 3. The number of pyridine rings is 1. The summed E-state index contributed by atoms with van der Waals surface area (Å²) in [4.78, 5) is 28.5. The van der Waals surface area contributed by atoms with Crippen molar-refractivity contribution in [2.24, 2.45) is 7.05 Å². The second-order valence-corrected chi connectivity index (χ2v) is 8.20. The predicted octanol–water partition coefficient (Wildman–Crippen LogP) is 4.31. The molecular weight excluding hydrogens is 415 g/mol. The van der Waals surface area contributed by atoms with Crippen LogP contribution in [0.1, 0.15) is 53.6 Å². The molecule has 4 rings (SSSR count). The number of nitrogens with one attached hydrogen (secondary N) is 1. The Hall–Kier alpha value is -3.75. The van der Waals surface area contributed by atoms with E-state index < -0.39 is 23.1 Å². The Bertz CT molecular complexity index is 1220. The monoisotopic (exact) mass is 438 g/mol. The minimum atomic E-state index is -0.758. The van der Waals surface area contributed by atoms with E-state index >= 15 is 0 Å². The number of carbonyl (C=O) groups excluding carboxylic acids is 2. The Labute approximate surface area is 184 Å². The molecule has 3 heterocycles. The van der Waals surface area contributed by atoms with Gasteiger partial charge in [-0.05, 0) is 26.0 Å². The number of rotatable bonds is 6. The Morgan fingerprint density at radius 1 is 1.31 bits per heavy atom. The van der Waals surface area contributed by atoms with Crippen LogP contribution in [0.25, 0.3) is 0 Å². The molecule has 8 nitrogen and oxygen atoms in total. The number of hydrogen-bond acceptors (Lipinski definition) is 6. The standard InChI is InChI=1S/C23H23FN4O4/c1-5-17(29)21-16(24)10-14(12-25-21)31-18-8-13(9-19-15(18)11-23(2,3)32-19)22(30)26-20-6-7-28(4)27-20/h6-10,12H,5,11H2,1-4H3,(H,26,27,30). The van der Waals surface area contributed by atoms with Gasteiger partial charge in [-0.3, -0.25) is 14.3 Å². The van der Waals surface area contributed by atoms with Crippen LogP contribution in [0.3, 0.4) is 0 Å². The van der Waals surface area contributed by atoms with Crippen molar-refractivity contribution in [2.75, 3.05) is 5.32 Å². The van der Waals surface area contributed by atoms with E-state index in [0.717, 1.165) is 11.6 Å². The van der Waals surface area contributed by atoms with Gasteiger partial charge < -0.3 is 14.8 Å². The van der Waals surface area contributed by atoms with Gasteiger partial charge in [-0.2, -0.15) is 5.10 Å². The van der Waals surface area contributed by atoms with Gasteiger partial charge in [-0.25, -0.2) is 9.37 Å². The summed E-state index contributed by atoms with van der Waals surface area (Å²) in [5.41, 5.74) is 0.349. The highest BCUT2D eigenvalue weighted by Gasteiger charge is 2.34. The Morgan fingerprint density at radius 3 is 2.75 bits per heavy atom. The smallest absolute Gasteiger partial charge is 0.257 e. The maximum absolute atomic E-state index is 14.4. The first-order chi connectivity index (χ1) is 15.1. The van der Waals surface area contributed by atoms with Crippen LogP contribution in [-0.4, -0.2) is 32.1 Å². The summed E-state index contributed by atoms with van der Waals surface area (Å²) >= 11 is 0. The van der Waals surface area contributed by atoms with Crippen molar-refractivity contribution in [1.29, 1.82) is 0 Å². The van der Waals surface area contributed by atoms with Gasteiger partial charge in [0.25, 0.3) is 5.91 Å². The molecular formula is C23H23FN4O4. The molecule has 1 N–H and O–H groups in total. The van der Waals surface area contributed by atoms with Crippen molar-refractivity contribution < 1.29 is 23.5 Å². The fourth-order valence-corrected chi connectivity index (χ4v) is 3.51. The molecule has 0 aliphatic carbocycles. The Kier molecular flexibility index (Phi) is 5.41. The predicted molar refractivity (Wildman–Crippen MR) is 115 cm³/mol. The molecule has 3 aromatic rings. The van der Waals surface area contributed by atoms with E-state index in [4.69, 9.17) is 9.47 Å². The molecule has 0 bridgehead atoms. The van der Waals surface area contributed by atoms with Gasteiger partial charge in [-0.1, -0.05) is 6.92 Å². The van der Waals surface area contributed by atoms with Crippen LogP contribution < -0.4 is 14.8 Å². The number of ketones is 1. The highest BCUT2D eigenvalue weighted by Crippen LogP contribution is 2.43. The molecule has 0 saturated carbocycles. The number of fused-ring (bicyclic) bond motifs is 1. The van der Waals surface area contributed by atoms with Gasteiger partial charge in [0.15, 0.2) is 17.4 Å². The van der Waals surface area contributed by atoms with Crippen LogP contribution in [0.4, 0.5) is 10.2 Å². The van der Waals surface area contributed by atoms with Crippen molar-refractivity contribution in [3.63, 3.8) is 0 Å². The minimum absolute atomic E-state index is 0.115. The first kappa shape index (κ1) is 21.5. The molecule has 0 spiro atoms. The lowest BCUT2D eigenvalue weighted by molar-refractivity contribution is 0.0977. The number of carbonyl (C=O) groups is 2. The summed E-state index contributed by atoms with van der Waals surface area (Å²) < 4.78 is 27.9. The highest BCUT2D eigenvalue weighted by atomic mass is 19.1. The van der Waals surface area contributed by atoms with Gasteiger partial charge >= 0.3 is 0 Å². The Balaban J connectivity index is 1.67. The van der Waals surface area contributed by atoms with Gasteiger partial charge in [0.2, 0.25) is 0 Å². The lowest BCUT2D eigenvalue weighted by Gasteiger charge is -2.16. The molecule has 1 aliphatic rings. The Morgan fingerprint density at radius 2 is 2.09 bits per heavy atom. The highest BCUT2D eigenvalue weighted by molar-refractivity contribution is 6.04. The van der Waals surface area contributed by atoms with Crippen LogP contribution in [0.15, 0.2) is 36.7 Å². The molecule has 0 unspecified atom stereocenters. The largest absolute Gasteiger partial charge is 0.487 e. The van der Waals surface area contributed by atoms with E-state index in [-0.39, 0.29) is 17.9 Å². The van der Waals surface area contributed by atoms with Crippen molar-refractivity contribution >= 4 is 17.5 Å². The average molecular weight is 438 g/mol. The van der Waals surface area contributed by atoms with Crippen LogP contribution in [0, 0.1) is 5.82 Å². The summed E-state index contributed by atoms with van der Waals surface area (Å²) in [5, 5.41) is 6.87. The van der Waals surface area contributed by atoms with Crippen molar-refractivity contribution in [1.82, 2.24) is 14.8 Å². The van der Waals surface area contributed by atoms with Crippen molar-refractivity contribution in [2.45, 2.75) is 39.2 Å². The molecule has 0 radical (unpaired) electrons. The third-order valence-electron chi connectivity index (χ3n) is 5.00.